The van der Waals surface area contributed by atoms with Gasteiger partial charge in [0, 0.05) is 19.0 Å². The second-order valence-electron chi connectivity index (χ2n) is 8.27. The molecular formula is C17H27ClN2O. The molecule has 2 saturated heterocycles. The van der Waals surface area contributed by atoms with Crippen molar-refractivity contribution in [1.82, 2.24) is 10.2 Å². The fraction of sp³-hybridized carbons (Fsp3) is 0.941. The zero-order valence-electron chi connectivity index (χ0n) is 12.7. The van der Waals surface area contributed by atoms with E-state index in [4.69, 9.17) is 0 Å². The second kappa shape index (κ2) is 4.86. The SMILES string of the molecule is Cl.O=C(C1C2C3CCC(C3)C12)N1CCC2(CCNCC2)C1. The Morgan fingerprint density at radius 1 is 1.05 bits per heavy atom. The number of hydrogen-bond donors (Lipinski definition) is 1. The molecule has 0 aromatic rings. The highest BCUT2D eigenvalue weighted by Gasteiger charge is 2.68. The molecule has 5 rings (SSSR count). The van der Waals surface area contributed by atoms with Crippen LogP contribution in [0.1, 0.15) is 38.5 Å². The molecule has 3 saturated carbocycles. The van der Waals surface area contributed by atoms with E-state index >= 15 is 0 Å². The minimum atomic E-state index is 0. The van der Waals surface area contributed by atoms with Crippen molar-refractivity contribution in [2.75, 3.05) is 26.2 Å². The molecular weight excluding hydrogens is 284 g/mol. The maximum atomic E-state index is 12.9. The number of hydrogen-bond acceptors (Lipinski definition) is 2. The molecule has 0 radical (unpaired) electrons. The van der Waals surface area contributed by atoms with Crippen molar-refractivity contribution in [3.05, 3.63) is 0 Å². The monoisotopic (exact) mass is 310 g/mol. The third kappa shape index (κ3) is 1.99. The molecule has 4 atom stereocenters. The molecule has 1 amide bonds. The van der Waals surface area contributed by atoms with E-state index in [2.05, 4.69) is 10.2 Å². The molecule has 0 aromatic heterocycles. The Bertz CT molecular complexity index is 432. The number of nitrogens with one attached hydrogen (secondary N) is 1. The fourth-order valence-corrected chi connectivity index (χ4v) is 6.35. The second-order valence-corrected chi connectivity index (χ2v) is 8.27. The lowest BCUT2D eigenvalue weighted by Crippen LogP contribution is -2.40. The van der Waals surface area contributed by atoms with Crippen LogP contribution < -0.4 is 5.32 Å². The average molecular weight is 311 g/mol. The zero-order valence-corrected chi connectivity index (χ0v) is 13.5. The quantitative estimate of drug-likeness (QED) is 0.806. The van der Waals surface area contributed by atoms with E-state index in [0.717, 1.165) is 49.9 Å². The number of amides is 1. The molecule has 1 spiro atoms. The summed E-state index contributed by atoms with van der Waals surface area (Å²) in [5, 5.41) is 3.46. The summed E-state index contributed by atoms with van der Waals surface area (Å²) < 4.78 is 0. The van der Waals surface area contributed by atoms with E-state index in [1.54, 1.807) is 0 Å². The molecule has 2 heterocycles. The van der Waals surface area contributed by atoms with Gasteiger partial charge in [0.25, 0.3) is 0 Å². The lowest BCUT2D eigenvalue weighted by molar-refractivity contribution is -0.133. The first-order valence-electron chi connectivity index (χ1n) is 8.77. The average Bonchev–Trinajstić information content (AvgIpc) is 2.80. The van der Waals surface area contributed by atoms with Crippen LogP contribution in [-0.4, -0.2) is 37.0 Å². The highest BCUT2D eigenvalue weighted by molar-refractivity contribution is 5.85. The molecule has 5 fully saturated rings. The van der Waals surface area contributed by atoms with Gasteiger partial charge in [-0.3, -0.25) is 4.79 Å². The van der Waals surface area contributed by atoms with Crippen LogP contribution in [0.5, 0.6) is 0 Å². The number of rotatable bonds is 1. The zero-order chi connectivity index (χ0) is 13.3. The Morgan fingerprint density at radius 3 is 2.38 bits per heavy atom. The van der Waals surface area contributed by atoms with Gasteiger partial charge in [0.1, 0.15) is 0 Å². The van der Waals surface area contributed by atoms with Gasteiger partial charge in [0.05, 0.1) is 0 Å². The summed E-state index contributed by atoms with van der Waals surface area (Å²) in [6.07, 6.45) is 8.11. The lowest BCUT2D eigenvalue weighted by Gasteiger charge is -2.33. The standard InChI is InChI=1S/C17H26N2O.ClH/c20-16(15-13-11-1-2-12(9-11)14(13)15)19-8-5-17(10-19)3-6-18-7-4-17;/h11-15,18H,1-10H2;1H. The van der Waals surface area contributed by atoms with E-state index < -0.39 is 0 Å². The topological polar surface area (TPSA) is 32.3 Å². The number of carbonyl (C=O) groups excluding carboxylic acids is 1. The maximum Gasteiger partial charge on any atom is 0.226 e. The van der Waals surface area contributed by atoms with Crippen molar-refractivity contribution in [3.63, 3.8) is 0 Å². The van der Waals surface area contributed by atoms with E-state index in [1.807, 2.05) is 0 Å². The molecule has 4 heteroatoms. The first kappa shape index (κ1) is 14.3. The Morgan fingerprint density at radius 2 is 1.71 bits per heavy atom. The van der Waals surface area contributed by atoms with Gasteiger partial charge in [-0.1, -0.05) is 0 Å². The first-order valence-corrected chi connectivity index (χ1v) is 8.77. The predicted molar refractivity (Wildman–Crippen MR) is 84.3 cm³/mol. The van der Waals surface area contributed by atoms with Crippen molar-refractivity contribution in [2.24, 2.45) is 35.0 Å². The molecule has 2 aliphatic heterocycles. The highest BCUT2D eigenvalue weighted by Crippen LogP contribution is 2.69. The van der Waals surface area contributed by atoms with Gasteiger partial charge in [-0.25, -0.2) is 0 Å². The summed E-state index contributed by atoms with van der Waals surface area (Å²) in [6.45, 7) is 4.42. The molecule has 2 bridgehead atoms. The van der Waals surface area contributed by atoms with Crippen LogP contribution in [-0.2, 0) is 4.79 Å². The number of carbonyl (C=O) groups is 1. The molecule has 21 heavy (non-hydrogen) atoms. The third-order valence-corrected chi connectivity index (χ3v) is 7.43. The van der Waals surface area contributed by atoms with Gasteiger partial charge in [-0.05, 0) is 80.7 Å². The third-order valence-electron chi connectivity index (χ3n) is 7.43. The van der Waals surface area contributed by atoms with Crippen molar-refractivity contribution in [3.8, 4) is 0 Å². The molecule has 5 aliphatic rings. The molecule has 3 aliphatic carbocycles. The minimum absolute atomic E-state index is 0. The maximum absolute atomic E-state index is 12.9. The smallest absolute Gasteiger partial charge is 0.226 e. The summed E-state index contributed by atoms with van der Waals surface area (Å²) in [5.41, 5.74) is 0.476. The lowest BCUT2D eigenvalue weighted by atomic mass is 9.78. The summed E-state index contributed by atoms with van der Waals surface area (Å²) in [6, 6.07) is 0. The van der Waals surface area contributed by atoms with Crippen LogP contribution in [0, 0.1) is 35.0 Å². The van der Waals surface area contributed by atoms with Crippen LogP contribution in [0.15, 0.2) is 0 Å². The van der Waals surface area contributed by atoms with E-state index in [1.165, 1.54) is 38.5 Å². The van der Waals surface area contributed by atoms with Gasteiger partial charge in [-0.2, -0.15) is 0 Å². The van der Waals surface area contributed by atoms with Crippen molar-refractivity contribution < 1.29 is 4.79 Å². The molecule has 118 valence electrons. The number of piperidine rings is 1. The Labute approximate surface area is 133 Å². The number of halogens is 1. The van der Waals surface area contributed by atoms with Crippen molar-refractivity contribution in [2.45, 2.75) is 38.5 Å². The van der Waals surface area contributed by atoms with Gasteiger partial charge in [0.15, 0.2) is 0 Å². The van der Waals surface area contributed by atoms with Gasteiger partial charge >= 0.3 is 0 Å². The Balaban J connectivity index is 0.00000115. The van der Waals surface area contributed by atoms with E-state index in [9.17, 15) is 4.79 Å². The first-order chi connectivity index (χ1) is 9.77. The summed E-state index contributed by atoms with van der Waals surface area (Å²) in [4.78, 5) is 15.1. The number of nitrogens with zero attached hydrogens (tertiary/aromatic N) is 1. The van der Waals surface area contributed by atoms with Crippen LogP contribution in [0.4, 0.5) is 0 Å². The predicted octanol–water partition coefficient (Wildman–Crippen LogP) is 2.30. The minimum Gasteiger partial charge on any atom is -0.342 e. The fourth-order valence-electron chi connectivity index (χ4n) is 6.35. The van der Waals surface area contributed by atoms with Crippen LogP contribution in [0.2, 0.25) is 0 Å². The Hall–Kier alpha value is -0.280. The summed E-state index contributed by atoms with van der Waals surface area (Å²) in [5.74, 6) is 4.48. The summed E-state index contributed by atoms with van der Waals surface area (Å²) in [7, 11) is 0. The normalized spacial score (nSPS) is 45.5. The van der Waals surface area contributed by atoms with Crippen LogP contribution in [0.3, 0.4) is 0 Å². The largest absolute Gasteiger partial charge is 0.342 e. The molecule has 1 N–H and O–H groups in total. The van der Waals surface area contributed by atoms with Gasteiger partial charge in [-0.15, -0.1) is 12.4 Å². The highest BCUT2D eigenvalue weighted by atomic mass is 35.5. The number of likely N-dealkylation sites (tertiary alicyclic amines) is 1. The molecule has 3 nitrogen and oxygen atoms in total. The molecule has 4 unspecified atom stereocenters. The van der Waals surface area contributed by atoms with Gasteiger partial charge < -0.3 is 10.2 Å². The van der Waals surface area contributed by atoms with Crippen LogP contribution >= 0.6 is 12.4 Å². The van der Waals surface area contributed by atoms with E-state index in [0.29, 0.717) is 17.2 Å². The van der Waals surface area contributed by atoms with E-state index in [-0.39, 0.29) is 12.4 Å². The van der Waals surface area contributed by atoms with Crippen LogP contribution in [0.25, 0.3) is 0 Å². The molecule has 0 aromatic carbocycles. The van der Waals surface area contributed by atoms with Crippen molar-refractivity contribution >= 4 is 18.3 Å². The summed E-state index contributed by atoms with van der Waals surface area (Å²) >= 11 is 0. The van der Waals surface area contributed by atoms with Gasteiger partial charge in [0.2, 0.25) is 5.91 Å². The van der Waals surface area contributed by atoms with Crippen molar-refractivity contribution in [1.29, 1.82) is 0 Å². The number of fused-ring (bicyclic) bond motifs is 5. The Kier molecular flexibility index (Phi) is 3.31.